The molecule has 2 N–H and O–H groups in total. The molecule has 2 aromatic rings. The lowest BCUT2D eigenvalue weighted by atomic mass is 10.1. The second-order valence-corrected chi connectivity index (χ2v) is 6.05. The molecule has 0 fully saturated rings. The Morgan fingerprint density at radius 2 is 2.16 bits per heavy atom. The maximum atomic E-state index is 13.2. The minimum Gasteiger partial charge on any atom is -0.387 e. The Hall–Kier alpha value is -1.32. The number of nitrogens with one attached hydrogen (secondary N) is 1. The first-order valence-electron chi connectivity index (χ1n) is 7.56. The molecule has 1 unspecified atom stereocenters. The highest BCUT2D eigenvalue weighted by Crippen LogP contribution is 2.15. The molecule has 138 valence electrons. The Balaban J connectivity index is 0.00000312. The first-order valence-corrected chi connectivity index (χ1v) is 7.94. The Labute approximate surface area is 169 Å². The number of halogens is 3. The van der Waals surface area contributed by atoms with Crippen molar-refractivity contribution in [2.24, 2.45) is 12.0 Å². The molecule has 0 saturated heterocycles. The van der Waals surface area contributed by atoms with E-state index in [-0.39, 0.29) is 36.3 Å². The number of hydrogen-bond acceptors (Lipinski definition) is 2. The monoisotopic (exact) mass is 480 g/mol. The van der Waals surface area contributed by atoms with E-state index in [9.17, 15) is 9.50 Å². The summed E-state index contributed by atoms with van der Waals surface area (Å²) in [6.45, 7) is 0.841. The number of benzene rings is 1. The number of aliphatic hydroxyl groups is 1. The number of aliphatic imine (C=N–C) groups is 1. The van der Waals surface area contributed by atoms with Crippen LogP contribution in [0.5, 0.6) is 0 Å². The molecule has 1 aromatic heterocycles. The number of aryl methyl sites for hydroxylation is 1. The summed E-state index contributed by atoms with van der Waals surface area (Å²) in [5, 5.41) is 14.0. The molecule has 25 heavy (non-hydrogen) atoms. The van der Waals surface area contributed by atoms with Crippen molar-refractivity contribution in [3.63, 3.8) is 0 Å². The van der Waals surface area contributed by atoms with Gasteiger partial charge in [0.25, 0.3) is 0 Å². The van der Waals surface area contributed by atoms with Crippen molar-refractivity contribution in [3.05, 3.63) is 58.6 Å². The van der Waals surface area contributed by atoms with Crippen LogP contribution in [0.15, 0.2) is 41.5 Å². The maximum Gasteiger partial charge on any atom is 0.193 e. The van der Waals surface area contributed by atoms with Crippen molar-refractivity contribution >= 4 is 41.5 Å². The van der Waals surface area contributed by atoms with Gasteiger partial charge in [-0.25, -0.2) is 4.39 Å². The second kappa shape index (κ2) is 9.98. The topological polar surface area (TPSA) is 52.8 Å². The zero-order chi connectivity index (χ0) is 17.7. The number of aliphatic hydroxyl groups excluding tert-OH is 1. The summed E-state index contributed by atoms with van der Waals surface area (Å²) in [5.41, 5.74) is 1.56. The van der Waals surface area contributed by atoms with E-state index < -0.39 is 6.10 Å². The van der Waals surface area contributed by atoms with E-state index >= 15 is 0 Å². The number of guanidine groups is 1. The van der Waals surface area contributed by atoms with Crippen molar-refractivity contribution in [2.75, 3.05) is 20.6 Å². The Morgan fingerprint density at radius 3 is 2.72 bits per heavy atom. The van der Waals surface area contributed by atoms with Crippen LogP contribution >= 0.6 is 35.6 Å². The lowest BCUT2D eigenvalue weighted by molar-refractivity contribution is 0.179. The summed E-state index contributed by atoms with van der Waals surface area (Å²) in [6.07, 6.45) is 1.02. The van der Waals surface area contributed by atoms with Crippen LogP contribution in [0.4, 0.5) is 4.39 Å². The third-order valence-corrected chi connectivity index (χ3v) is 3.94. The normalized spacial score (nSPS) is 12.5. The van der Waals surface area contributed by atoms with Gasteiger partial charge in [-0.15, -0.1) is 24.0 Å². The second-order valence-electron chi connectivity index (χ2n) is 5.62. The minimum absolute atomic E-state index is 0. The highest BCUT2D eigenvalue weighted by molar-refractivity contribution is 14.0. The molecule has 0 radical (unpaired) electrons. The third kappa shape index (κ3) is 6.16. The molecule has 0 aliphatic heterocycles. The van der Waals surface area contributed by atoms with E-state index in [4.69, 9.17) is 11.6 Å². The lowest BCUT2D eigenvalue weighted by Gasteiger charge is -2.23. The fraction of sp³-hybridized carbons (Fsp3) is 0.353. The Morgan fingerprint density at radius 1 is 1.44 bits per heavy atom. The molecule has 8 heteroatoms. The number of rotatable bonds is 5. The van der Waals surface area contributed by atoms with Crippen molar-refractivity contribution in [1.82, 2.24) is 14.8 Å². The standard InChI is InChI=1S/C17H22ClFN4O.HI/c1-20-17(23(3)11-15-8-13(18)10-22(15)2)21-9-16(24)12-5-4-6-14(19)7-12;/h4-8,10,16,24H,9,11H2,1-3H3,(H,20,21);1H. The van der Waals surface area contributed by atoms with Gasteiger partial charge < -0.3 is 19.9 Å². The van der Waals surface area contributed by atoms with Crippen LogP contribution in [0.1, 0.15) is 17.4 Å². The molecule has 2 rings (SSSR count). The SMILES string of the molecule is CN=C(NCC(O)c1cccc(F)c1)N(C)Cc1cc(Cl)cn1C.I. The molecule has 0 aliphatic carbocycles. The summed E-state index contributed by atoms with van der Waals surface area (Å²) in [7, 11) is 5.50. The largest absolute Gasteiger partial charge is 0.387 e. The van der Waals surface area contributed by atoms with Gasteiger partial charge in [0.2, 0.25) is 0 Å². The molecular formula is C17H23ClFIN4O. The minimum atomic E-state index is -0.824. The molecule has 0 saturated carbocycles. The van der Waals surface area contributed by atoms with Gasteiger partial charge >= 0.3 is 0 Å². The van der Waals surface area contributed by atoms with E-state index in [1.54, 1.807) is 19.2 Å². The summed E-state index contributed by atoms with van der Waals surface area (Å²) < 4.78 is 15.2. The first-order chi connectivity index (χ1) is 11.4. The summed E-state index contributed by atoms with van der Waals surface area (Å²) in [5.74, 6) is 0.261. The molecule has 1 atom stereocenters. The van der Waals surface area contributed by atoms with Gasteiger partial charge in [-0.3, -0.25) is 4.99 Å². The summed E-state index contributed by atoms with van der Waals surface area (Å²) in [4.78, 5) is 6.13. The lowest BCUT2D eigenvalue weighted by Crippen LogP contribution is -2.40. The predicted octanol–water partition coefficient (Wildman–Crippen LogP) is 3.18. The van der Waals surface area contributed by atoms with E-state index in [1.807, 2.05) is 35.8 Å². The third-order valence-electron chi connectivity index (χ3n) is 3.73. The van der Waals surface area contributed by atoms with Crippen LogP contribution in [0.25, 0.3) is 0 Å². The predicted molar refractivity (Wildman–Crippen MR) is 110 cm³/mol. The maximum absolute atomic E-state index is 13.2. The average molecular weight is 481 g/mol. The van der Waals surface area contributed by atoms with E-state index in [0.29, 0.717) is 23.1 Å². The van der Waals surface area contributed by atoms with Gasteiger partial charge in [0.05, 0.1) is 17.7 Å². The highest BCUT2D eigenvalue weighted by atomic mass is 127. The van der Waals surface area contributed by atoms with Crippen LogP contribution in [-0.2, 0) is 13.6 Å². The number of nitrogens with zero attached hydrogens (tertiary/aromatic N) is 3. The van der Waals surface area contributed by atoms with Crippen molar-refractivity contribution < 1.29 is 9.50 Å². The summed E-state index contributed by atoms with van der Waals surface area (Å²) in [6, 6.07) is 7.83. The van der Waals surface area contributed by atoms with Gasteiger partial charge in [0, 0.05) is 39.6 Å². The number of aromatic nitrogens is 1. The van der Waals surface area contributed by atoms with Crippen molar-refractivity contribution in [1.29, 1.82) is 0 Å². The fourth-order valence-corrected chi connectivity index (χ4v) is 2.72. The fourth-order valence-electron chi connectivity index (χ4n) is 2.45. The van der Waals surface area contributed by atoms with E-state index in [0.717, 1.165) is 5.69 Å². The van der Waals surface area contributed by atoms with Gasteiger partial charge in [0.1, 0.15) is 5.82 Å². The van der Waals surface area contributed by atoms with Gasteiger partial charge in [-0.05, 0) is 23.8 Å². The van der Waals surface area contributed by atoms with Crippen molar-refractivity contribution in [2.45, 2.75) is 12.6 Å². The van der Waals surface area contributed by atoms with Gasteiger partial charge in [-0.1, -0.05) is 23.7 Å². The molecule has 0 bridgehead atoms. The van der Waals surface area contributed by atoms with E-state index in [1.165, 1.54) is 12.1 Å². The average Bonchev–Trinajstić information content (AvgIpc) is 2.85. The quantitative estimate of drug-likeness (QED) is 0.393. The highest BCUT2D eigenvalue weighted by Gasteiger charge is 2.13. The van der Waals surface area contributed by atoms with Crippen LogP contribution in [0, 0.1) is 5.82 Å². The molecular weight excluding hydrogens is 458 g/mol. The zero-order valence-corrected chi connectivity index (χ0v) is 17.5. The molecule has 5 nitrogen and oxygen atoms in total. The first kappa shape index (κ1) is 21.7. The Kier molecular flexibility index (Phi) is 8.67. The van der Waals surface area contributed by atoms with Crippen molar-refractivity contribution in [3.8, 4) is 0 Å². The van der Waals surface area contributed by atoms with Crippen LogP contribution < -0.4 is 5.32 Å². The molecule has 1 heterocycles. The van der Waals surface area contributed by atoms with Gasteiger partial charge in [0.15, 0.2) is 5.96 Å². The molecule has 0 spiro atoms. The van der Waals surface area contributed by atoms with Crippen LogP contribution in [0.2, 0.25) is 5.02 Å². The number of hydrogen-bond donors (Lipinski definition) is 2. The Bertz CT molecular complexity index is 722. The van der Waals surface area contributed by atoms with Gasteiger partial charge in [-0.2, -0.15) is 0 Å². The summed E-state index contributed by atoms with van der Waals surface area (Å²) >= 11 is 6.00. The smallest absolute Gasteiger partial charge is 0.193 e. The molecule has 0 aliphatic rings. The van der Waals surface area contributed by atoms with Crippen LogP contribution in [-0.4, -0.2) is 41.2 Å². The van der Waals surface area contributed by atoms with E-state index in [2.05, 4.69) is 10.3 Å². The molecule has 0 amide bonds. The molecule has 1 aromatic carbocycles. The van der Waals surface area contributed by atoms with Crippen LogP contribution in [0.3, 0.4) is 0 Å². The zero-order valence-electron chi connectivity index (χ0n) is 14.4.